The van der Waals surface area contributed by atoms with E-state index in [2.05, 4.69) is 0 Å². The van der Waals surface area contributed by atoms with Gasteiger partial charge in [-0.1, -0.05) is 26.0 Å². The van der Waals surface area contributed by atoms with E-state index in [9.17, 15) is 14.7 Å². The molecule has 6 aromatic rings. The Kier molecular flexibility index (Phi) is 7.43. The zero-order chi connectivity index (χ0) is 29.3. The molecule has 0 bridgehead atoms. The van der Waals surface area contributed by atoms with Crippen LogP contribution in [-0.2, 0) is 0 Å². The summed E-state index contributed by atoms with van der Waals surface area (Å²) in [6.45, 7) is 4.08. The molecule has 0 fully saturated rings. The van der Waals surface area contributed by atoms with Gasteiger partial charge in [0.2, 0.25) is 11.2 Å². The standard InChI is InChI=1S/C17H14O5.C15H14O4/c1-20-11-5-3-10(4-6-11)13-9-22-16-12(15(13)19)7-8-14(18)17(16)21-2;1-8(2)14-15(17-3)10-6-9-4-5-13(16)18-11(9)7-12(10)19-14/h3-9,18H,1-2H3;4-8H,1-3H3. The molecule has 0 atom stereocenters. The van der Waals surface area contributed by atoms with Gasteiger partial charge in [0.15, 0.2) is 17.1 Å². The minimum atomic E-state index is -0.366. The molecule has 0 unspecified atom stereocenters. The number of furan rings is 1. The van der Waals surface area contributed by atoms with Gasteiger partial charge < -0.3 is 32.6 Å². The topological polar surface area (TPSA) is 121 Å². The van der Waals surface area contributed by atoms with Crippen LogP contribution in [0.5, 0.6) is 23.0 Å². The highest BCUT2D eigenvalue weighted by Crippen LogP contribution is 2.39. The second-order valence-corrected chi connectivity index (χ2v) is 9.50. The molecule has 6 rings (SSSR count). The molecule has 3 heterocycles. The highest BCUT2D eigenvalue weighted by atomic mass is 16.5. The van der Waals surface area contributed by atoms with Crippen LogP contribution in [0.4, 0.5) is 0 Å². The summed E-state index contributed by atoms with van der Waals surface area (Å²) >= 11 is 0. The lowest BCUT2D eigenvalue weighted by Crippen LogP contribution is -2.05. The van der Waals surface area contributed by atoms with Gasteiger partial charge in [0.05, 0.1) is 37.7 Å². The van der Waals surface area contributed by atoms with Gasteiger partial charge in [0.25, 0.3) is 0 Å². The summed E-state index contributed by atoms with van der Waals surface area (Å²) in [4.78, 5) is 23.9. The molecule has 0 spiro atoms. The van der Waals surface area contributed by atoms with Gasteiger partial charge in [0, 0.05) is 23.4 Å². The number of hydrogen-bond acceptors (Lipinski definition) is 9. The van der Waals surface area contributed by atoms with Crippen molar-refractivity contribution in [2.45, 2.75) is 19.8 Å². The van der Waals surface area contributed by atoms with Crippen LogP contribution >= 0.6 is 0 Å². The smallest absolute Gasteiger partial charge is 0.336 e. The van der Waals surface area contributed by atoms with Gasteiger partial charge in [0.1, 0.15) is 28.9 Å². The van der Waals surface area contributed by atoms with E-state index in [0.717, 1.165) is 27.8 Å². The van der Waals surface area contributed by atoms with Crippen molar-refractivity contribution < 1.29 is 32.6 Å². The number of fused-ring (bicyclic) bond motifs is 3. The molecule has 9 nitrogen and oxygen atoms in total. The third-order valence-corrected chi connectivity index (χ3v) is 6.62. The van der Waals surface area contributed by atoms with Crippen molar-refractivity contribution in [1.82, 2.24) is 0 Å². The van der Waals surface area contributed by atoms with Crippen molar-refractivity contribution in [3.63, 3.8) is 0 Å². The van der Waals surface area contributed by atoms with Crippen LogP contribution in [0.15, 0.2) is 89.8 Å². The van der Waals surface area contributed by atoms with E-state index in [1.807, 2.05) is 19.9 Å². The van der Waals surface area contributed by atoms with Crippen molar-refractivity contribution in [2.75, 3.05) is 21.3 Å². The first-order valence-corrected chi connectivity index (χ1v) is 12.8. The Morgan fingerprint density at radius 2 is 1.49 bits per heavy atom. The maximum atomic E-state index is 12.6. The monoisotopic (exact) mass is 556 g/mol. The van der Waals surface area contributed by atoms with Crippen LogP contribution in [0.25, 0.3) is 44.0 Å². The molecule has 3 aromatic carbocycles. The maximum absolute atomic E-state index is 12.6. The molecule has 0 radical (unpaired) electrons. The Morgan fingerprint density at radius 3 is 2.15 bits per heavy atom. The summed E-state index contributed by atoms with van der Waals surface area (Å²) in [7, 11) is 4.62. The summed E-state index contributed by atoms with van der Waals surface area (Å²) in [6, 6.07) is 16.9. The van der Waals surface area contributed by atoms with E-state index in [4.69, 9.17) is 27.5 Å². The fraction of sp³-hybridized carbons (Fsp3) is 0.188. The zero-order valence-corrected chi connectivity index (χ0v) is 23.1. The minimum absolute atomic E-state index is 0.0738. The Balaban J connectivity index is 0.000000166. The van der Waals surface area contributed by atoms with Crippen molar-refractivity contribution >= 4 is 32.9 Å². The number of methoxy groups -OCH3 is 3. The van der Waals surface area contributed by atoms with Gasteiger partial charge in [-0.3, -0.25) is 4.79 Å². The fourth-order valence-electron chi connectivity index (χ4n) is 4.58. The van der Waals surface area contributed by atoms with E-state index >= 15 is 0 Å². The van der Waals surface area contributed by atoms with Crippen molar-refractivity contribution in [2.24, 2.45) is 0 Å². The summed E-state index contributed by atoms with van der Waals surface area (Å²) in [5.41, 5.74) is 2.02. The molecule has 0 saturated carbocycles. The number of phenols is 1. The second kappa shape index (κ2) is 11.1. The Bertz CT molecular complexity index is 1980. The molecule has 0 aliphatic carbocycles. The highest BCUT2D eigenvalue weighted by Gasteiger charge is 2.19. The van der Waals surface area contributed by atoms with Gasteiger partial charge in [-0.05, 0) is 42.0 Å². The van der Waals surface area contributed by atoms with Gasteiger partial charge in [-0.15, -0.1) is 0 Å². The molecule has 0 aliphatic rings. The largest absolute Gasteiger partial charge is 0.504 e. The summed E-state index contributed by atoms with van der Waals surface area (Å²) in [5, 5.41) is 11.8. The van der Waals surface area contributed by atoms with Crippen molar-refractivity contribution in [1.29, 1.82) is 0 Å². The number of ether oxygens (including phenoxy) is 3. The molecular weight excluding hydrogens is 528 g/mol. The second-order valence-electron chi connectivity index (χ2n) is 9.50. The first-order chi connectivity index (χ1) is 19.7. The van der Waals surface area contributed by atoms with Crippen molar-refractivity contribution in [3.05, 3.63) is 93.3 Å². The highest BCUT2D eigenvalue weighted by molar-refractivity contribution is 5.97. The summed E-state index contributed by atoms with van der Waals surface area (Å²) in [5.74, 6) is 2.55. The normalized spacial score (nSPS) is 11.1. The van der Waals surface area contributed by atoms with Crippen molar-refractivity contribution in [3.8, 4) is 34.1 Å². The average molecular weight is 557 g/mol. The van der Waals surface area contributed by atoms with Gasteiger partial charge in [-0.25, -0.2) is 4.79 Å². The lowest BCUT2D eigenvalue weighted by molar-refractivity contribution is 0.370. The van der Waals surface area contributed by atoms with E-state index in [1.165, 1.54) is 31.6 Å². The van der Waals surface area contributed by atoms with E-state index in [-0.39, 0.29) is 34.1 Å². The minimum Gasteiger partial charge on any atom is -0.504 e. The third kappa shape index (κ3) is 5.09. The van der Waals surface area contributed by atoms with Crippen LogP contribution in [0.2, 0.25) is 0 Å². The Hall–Kier alpha value is -5.18. The molecule has 0 amide bonds. The fourth-order valence-corrected chi connectivity index (χ4v) is 4.58. The summed E-state index contributed by atoms with van der Waals surface area (Å²) < 4.78 is 32.1. The summed E-state index contributed by atoms with van der Waals surface area (Å²) in [6.07, 6.45) is 1.37. The average Bonchev–Trinajstić information content (AvgIpc) is 3.34. The molecule has 3 aromatic heterocycles. The molecule has 9 heteroatoms. The van der Waals surface area contributed by atoms with E-state index < -0.39 is 0 Å². The van der Waals surface area contributed by atoms with Crippen LogP contribution in [0.1, 0.15) is 25.5 Å². The molecule has 41 heavy (non-hydrogen) atoms. The SMILES string of the molecule is COc1c(C(C)C)oc2cc3oc(=O)ccc3cc12.COc1ccc(-c2coc3c(OC)c(O)ccc3c2=O)cc1. The van der Waals surface area contributed by atoms with Crippen LogP contribution in [0.3, 0.4) is 0 Å². The van der Waals surface area contributed by atoms with Crippen LogP contribution < -0.4 is 25.3 Å². The number of rotatable bonds is 5. The predicted molar refractivity (Wildman–Crippen MR) is 156 cm³/mol. The molecule has 0 aliphatic heterocycles. The molecule has 1 N–H and O–H groups in total. The van der Waals surface area contributed by atoms with E-state index in [1.54, 1.807) is 50.6 Å². The van der Waals surface area contributed by atoms with Gasteiger partial charge in [-0.2, -0.15) is 0 Å². The van der Waals surface area contributed by atoms with E-state index in [0.29, 0.717) is 27.9 Å². The lowest BCUT2D eigenvalue weighted by atomic mass is 10.1. The number of phenolic OH excluding ortho intramolecular Hbond substituents is 1. The predicted octanol–water partition coefficient (Wildman–Crippen LogP) is 6.85. The molecule has 0 saturated heterocycles. The third-order valence-electron chi connectivity index (χ3n) is 6.62. The quantitative estimate of drug-likeness (QED) is 0.227. The zero-order valence-electron chi connectivity index (χ0n) is 23.1. The number of aromatic hydroxyl groups is 1. The maximum Gasteiger partial charge on any atom is 0.336 e. The molecule has 210 valence electrons. The number of hydrogen-bond donors (Lipinski definition) is 1. The first kappa shape index (κ1) is 27.4. The Labute approximate surface area is 234 Å². The first-order valence-electron chi connectivity index (χ1n) is 12.8. The molecular formula is C32H28O9. The Morgan fingerprint density at radius 1 is 0.756 bits per heavy atom. The van der Waals surface area contributed by atoms with Gasteiger partial charge >= 0.3 is 5.63 Å². The van der Waals surface area contributed by atoms with Crippen LogP contribution in [-0.4, -0.2) is 26.4 Å². The lowest BCUT2D eigenvalue weighted by Gasteiger charge is -2.08. The van der Waals surface area contributed by atoms with Crippen LogP contribution in [0, 0.1) is 0 Å². The number of benzene rings is 3.